The van der Waals surface area contributed by atoms with Crippen LogP contribution in [0.5, 0.6) is 0 Å². The van der Waals surface area contributed by atoms with Crippen molar-refractivity contribution in [3.05, 3.63) is 77.9 Å². The predicted octanol–water partition coefficient (Wildman–Crippen LogP) is 5.01. The molecule has 2 aliphatic rings. The molecule has 2 fully saturated rings. The molecule has 10 nitrogen and oxygen atoms in total. The number of benzene rings is 1. The first-order valence-electron chi connectivity index (χ1n) is 15.5. The molecule has 4 aromatic rings. The number of hydrogen-bond acceptors (Lipinski definition) is 7. The molecular formula is C34H40N8O2. The van der Waals surface area contributed by atoms with Crippen molar-refractivity contribution >= 4 is 34.5 Å². The largest absolute Gasteiger partial charge is 0.383 e. The number of nitrogen functional groups attached to an aromatic ring is 1. The average molecular weight is 593 g/mol. The van der Waals surface area contributed by atoms with Crippen LogP contribution in [0.1, 0.15) is 60.3 Å². The van der Waals surface area contributed by atoms with E-state index in [0.717, 1.165) is 59.2 Å². The van der Waals surface area contributed by atoms with Gasteiger partial charge in [0.2, 0.25) is 5.91 Å². The molecule has 1 aliphatic heterocycles. The second-order valence-corrected chi connectivity index (χ2v) is 11.9. The van der Waals surface area contributed by atoms with Crippen molar-refractivity contribution in [2.24, 2.45) is 0 Å². The van der Waals surface area contributed by atoms with Crippen LogP contribution in [0.25, 0.3) is 22.2 Å². The molecule has 6 rings (SSSR count). The molecule has 0 spiro atoms. The SMILES string of the molecule is CCCc1ccnc(NC(=O)c2ccc(-c3c(C)n([C@@H]4CCN(C(=O)C=CCN(C)C5CC5)C4)c4ncnc(N)c34)cc2)c1. The maximum absolute atomic E-state index is 13.0. The van der Waals surface area contributed by atoms with E-state index in [4.69, 9.17) is 5.73 Å². The van der Waals surface area contributed by atoms with Crippen molar-refractivity contribution in [3.63, 3.8) is 0 Å². The van der Waals surface area contributed by atoms with E-state index in [1.165, 1.54) is 19.2 Å². The maximum atomic E-state index is 13.0. The Labute approximate surface area is 258 Å². The van der Waals surface area contributed by atoms with E-state index in [1.54, 1.807) is 12.3 Å². The molecule has 228 valence electrons. The minimum atomic E-state index is -0.219. The molecule has 1 aromatic carbocycles. The van der Waals surface area contributed by atoms with Crippen LogP contribution in [0, 0.1) is 6.92 Å². The summed E-state index contributed by atoms with van der Waals surface area (Å²) in [6, 6.07) is 12.1. The Kier molecular flexibility index (Phi) is 8.43. The van der Waals surface area contributed by atoms with Gasteiger partial charge in [0.05, 0.1) is 11.4 Å². The number of carbonyl (C=O) groups excluding carboxylic acids is 2. The van der Waals surface area contributed by atoms with Gasteiger partial charge in [-0.3, -0.25) is 14.5 Å². The van der Waals surface area contributed by atoms with Crippen LogP contribution in [-0.4, -0.2) is 73.9 Å². The summed E-state index contributed by atoms with van der Waals surface area (Å²) in [5.41, 5.74) is 11.7. The highest BCUT2D eigenvalue weighted by atomic mass is 16.2. The van der Waals surface area contributed by atoms with E-state index < -0.39 is 0 Å². The van der Waals surface area contributed by atoms with Gasteiger partial charge in [0, 0.05) is 54.8 Å². The maximum Gasteiger partial charge on any atom is 0.256 e. The van der Waals surface area contributed by atoms with Crippen molar-refractivity contribution in [3.8, 4) is 11.1 Å². The van der Waals surface area contributed by atoms with E-state index in [1.807, 2.05) is 47.4 Å². The van der Waals surface area contributed by atoms with E-state index >= 15 is 0 Å². The summed E-state index contributed by atoms with van der Waals surface area (Å²) in [7, 11) is 2.11. The topological polar surface area (TPSA) is 122 Å². The zero-order valence-electron chi connectivity index (χ0n) is 25.7. The fraction of sp³-hybridized carbons (Fsp3) is 0.382. The number of nitrogens with one attached hydrogen (secondary N) is 1. The highest BCUT2D eigenvalue weighted by Crippen LogP contribution is 2.40. The number of nitrogens with zero attached hydrogens (tertiary/aromatic N) is 6. The summed E-state index contributed by atoms with van der Waals surface area (Å²) >= 11 is 0. The van der Waals surface area contributed by atoms with Crippen LogP contribution in [0.4, 0.5) is 11.6 Å². The third kappa shape index (κ3) is 6.07. The molecule has 2 amide bonds. The summed E-state index contributed by atoms with van der Waals surface area (Å²) in [5, 5.41) is 3.70. The molecule has 0 unspecified atom stereocenters. The van der Waals surface area contributed by atoms with E-state index in [9.17, 15) is 9.59 Å². The van der Waals surface area contributed by atoms with Crippen LogP contribution in [0.15, 0.2) is 61.1 Å². The highest BCUT2D eigenvalue weighted by molar-refractivity contribution is 6.05. The number of aryl methyl sites for hydroxylation is 1. The lowest BCUT2D eigenvalue weighted by Crippen LogP contribution is -2.28. The van der Waals surface area contributed by atoms with Crippen LogP contribution < -0.4 is 11.1 Å². The van der Waals surface area contributed by atoms with Crippen LogP contribution >= 0.6 is 0 Å². The van der Waals surface area contributed by atoms with Gasteiger partial charge in [0.25, 0.3) is 5.91 Å². The van der Waals surface area contributed by atoms with Crippen LogP contribution in [0.2, 0.25) is 0 Å². The Hall–Kier alpha value is -4.57. The number of nitrogens with two attached hydrogens (primary N) is 1. The number of pyridine rings is 1. The van der Waals surface area contributed by atoms with Crippen molar-refractivity contribution < 1.29 is 9.59 Å². The summed E-state index contributed by atoms with van der Waals surface area (Å²) in [4.78, 5) is 43.5. The van der Waals surface area contributed by atoms with Gasteiger partial charge in [-0.15, -0.1) is 0 Å². The van der Waals surface area contributed by atoms with Crippen molar-refractivity contribution in [1.29, 1.82) is 0 Å². The molecule has 1 aliphatic carbocycles. The zero-order valence-corrected chi connectivity index (χ0v) is 25.7. The molecule has 3 aromatic heterocycles. The minimum absolute atomic E-state index is 0.0429. The van der Waals surface area contributed by atoms with Gasteiger partial charge in [-0.25, -0.2) is 15.0 Å². The molecule has 1 saturated carbocycles. The normalized spacial score (nSPS) is 16.8. The number of amides is 2. The third-order valence-electron chi connectivity index (χ3n) is 8.76. The predicted molar refractivity (Wildman–Crippen MR) is 173 cm³/mol. The van der Waals surface area contributed by atoms with E-state index in [-0.39, 0.29) is 17.9 Å². The Morgan fingerprint density at radius 2 is 1.91 bits per heavy atom. The molecule has 3 N–H and O–H groups in total. The highest BCUT2D eigenvalue weighted by Gasteiger charge is 2.31. The van der Waals surface area contributed by atoms with Gasteiger partial charge in [0.15, 0.2) is 0 Å². The Morgan fingerprint density at radius 3 is 2.66 bits per heavy atom. The first kappa shape index (κ1) is 29.5. The fourth-order valence-corrected chi connectivity index (χ4v) is 6.28. The molecule has 0 radical (unpaired) electrons. The number of likely N-dealkylation sites (tertiary alicyclic amines) is 1. The zero-order chi connectivity index (χ0) is 30.8. The smallest absolute Gasteiger partial charge is 0.256 e. The van der Waals surface area contributed by atoms with Gasteiger partial charge in [-0.1, -0.05) is 31.6 Å². The lowest BCUT2D eigenvalue weighted by atomic mass is 10.0. The molecule has 44 heavy (non-hydrogen) atoms. The van der Waals surface area contributed by atoms with Crippen LogP contribution in [0.3, 0.4) is 0 Å². The second-order valence-electron chi connectivity index (χ2n) is 11.9. The number of fused-ring (bicyclic) bond motifs is 1. The fourth-order valence-electron chi connectivity index (χ4n) is 6.28. The monoisotopic (exact) mass is 592 g/mol. The molecule has 1 saturated heterocycles. The van der Waals surface area contributed by atoms with E-state index in [0.29, 0.717) is 36.3 Å². The van der Waals surface area contributed by atoms with Gasteiger partial charge < -0.3 is 20.5 Å². The average Bonchev–Trinajstić information content (AvgIpc) is 3.68. The standard InChI is InChI=1S/C34H40N8O2/c1-4-6-23-14-16-36-28(19-23)39-34(44)25-10-8-24(9-11-25)30-22(2)42(33-31(30)32(35)37-21-38-33)27-15-18-41(20-27)29(43)7-5-17-40(3)26-12-13-26/h5,7-11,14,16,19,21,26-27H,4,6,12-13,15,17-18,20H2,1-3H3,(H2,35,37,38)(H,36,39,44)/t27-/m1/s1. The molecular weight excluding hydrogens is 552 g/mol. The number of anilines is 2. The number of carbonyl (C=O) groups is 2. The van der Waals surface area contributed by atoms with Crippen molar-refractivity contribution in [2.75, 3.05) is 37.7 Å². The molecule has 0 bridgehead atoms. The molecule has 4 heterocycles. The van der Waals surface area contributed by atoms with Gasteiger partial charge in [-0.05, 0) is 75.0 Å². The lowest BCUT2D eigenvalue weighted by molar-refractivity contribution is -0.125. The minimum Gasteiger partial charge on any atom is -0.383 e. The summed E-state index contributed by atoms with van der Waals surface area (Å²) in [5.74, 6) is 0.768. The number of aromatic nitrogens is 4. The molecule has 1 atom stereocenters. The number of likely N-dealkylation sites (N-methyl/N-ethyl adjacent to an activating group) is 1. The van der Waals surface area contributed by atoms with Gasteiger partial charge in [0.1, 0.15) is 23.6 Å². The molecule has 10 heteroatoms. The van der Waals surface area contributed by atoms with Crippen molar-refractivity contribution in [1.82, 2.24) is 29.3 Å². The summed E-state index contributed by atoms with van der Waals surface area (Å²) in [6.07, 6.45) is 12.2. The Morgan fingerprint density at radius 1 is 1.11 bits per heavy atom. The Balaban J connectivity index is 1.22. The first-order chi connectivity index (χ1) is 21.3. The van der Waals surface area contributed by atoms with Crippen molar-refractivity contribution in [2.45, 2.75) is 58.0 Å². The van der Waals surface area contributed by atoms with Crippen LogP contribution in [-0.2, 0) is 11.2 Å². The third-order valence-corrected chi connectivity index (χ3v) is 8.76. The summed E-state index contributed by atoms with van der Waals surface area (Å²) in [6.45, 7) is 6.25. The van der Waals surface area contributed by atoms with E-state index in [2.05, 4.69) is 50.6 Å². The second kappa shape index (κ2) is 12.6. The lowest BCUT2D eigenvalue weighted by Gasteiger charge is -2.18. The summed E-state index contributed by atoms with van der Waals surface area (Å²) < 4.78 is 2.20. The number of hydrogen-bond donors (Lipinski definition) is 2. The quantitative estimate of drug-likeness (QED) is 0.248. The van der Waals surface area contributed by atoms with Gasteiger partial charge >= 0.3 is 0 Å². The van der Waals surface area contributed by atoms with Gasteiger partial charge in [-0.2, -0.15) is 0 Å². The number of rotatable bonds is 10. The first-order valence-corrected chi connectivity index (χ1v) is 15.5. The Bertz CT molecular complexity index is 1710.